The SMILES string of the molecule is Cc1nn(C)cc1-c1ccnc(N2CCCC2CN)n1. The third-order valence-electron chi connectivity index (χ3n) is 3.84. The van der Waals surface area contributed by atoms with Gasteiger partial charge in [-0.25, -0.2) is 9.97 Å². The fraction of sp³-hybridized carbons (Fsp3) is 0.500. The van der Waals surface area contributed by atoms with Crippen LogP contribution < -0.4 is 10.6 Å². The first-order valence-electron chi connectivity index (χ1n) is 6.99. The Kier molecular flexibility index (Phi) is 3.40. The molecule has 0 spiro atoms. The molecular formula is C14H20N6. The molecule has 0 bridgehead atoms. The summed E-state index contributed by atoms with van der Waals surface area (Å²) in [7, 11) is 1.92. The molecule has 1 saturated heterocycles. The monoisotopic (exact) mass is 272 g/mol. The minimum atomic E-state index is 0.361. The number of hydrogen-bond acceptors (Lipinski definition) is 5. The van der Waals surface area contributed by atoms with E-state index in [4.69, 9.17) is 10.7 Å². The van der Waals surface area contributed by atoms with Crippen molar-refractivity contribution in [3.8, 4) is 11.3 Å². The lowest BCUT2D eigenvalue weighted by atomic mass is 10.2. The van der Waals surface area contributed by atoms with Crippen LogP contribution in [0.4, 0.5) is 5.95 Å². The standard InChI is InChI=1S/C14H20N6/c1-10-12(9-19(2)18-10)13-5-6-16-14(17-13)20-7-3-4-11(20)8-15/h5-6,9,11H,3-4,7-8,15H2,1-2H3. The van der Waals surface area contributed by atoms with Gasteiger partial charge in [-0.05, 0) is 25.8 Å². The average Bonchev–Trinajstić information content (AvgIpc) is 3.05. The van der Waals surface area contributed by atoms with Crippen molar-refractivity contribution in [2.24, 2.45) is 12.8 Å². The van der Waals surface area contributed by atoms with E-state index in [2.05, 4.69) is 15.0 Å². The Hall–Kier alpha value is -1.95. The molecule has 2 aromatic rings. The lowest BCUT2D eigenvalue weighted by molar-refractivity contribution is 0.664. The van der Waals surface area contributed by atoms with E-state index in [9.17, 15) is 0 Å². The van der Waals surface area contributed by atoms with Crippen LogP contribution >= 0.6 is 0 Å². The van der Waals surface area contributed by atoms with Crippen molar-refractivity contribution in [2.45, 2.75) is 25.8 Å². The second kappa shape index (κ2) is 5.20. The molecule has 3 heterocycles. The van der Waals surface area contributed by atoms with Gasteiger partial charge >= 0.3 is 0 Å². The van der Waals surface area contributed by atoms with Gasteiger partial charge in [0, 0.05) is 44.1 Å². The second-order valence-electron chi connectivity index (χ2n) is 5.27. The average molecular weight is 272 g/mol. The zero-order valence-electron chi connectivity index (χ0n) is 12.0. The van der Waals surface area contributed by atoms with Crippen molar-refractivity contribution in [3.05, 3.63) is 24.2 Å². The first-order valence-corrected chi connectivity index (χ1v) is 6.99. The van der Waals surface area contributed by atoms with Crippen LogP contribution in [-0.4, -0.2) is 38.9 Å². The number of aryl methyl sites for hydroxylation is 2. The molecule has 1 aliphatic heterocycles. The molecule has 6 heteroatoms. The molecule has 0 radical (unpaired) electrons. The predicted molar refractivity (Wildman–Crippen MR) is 78.4 cm³/mol. The second-order valence-corrected chi connectivity index (χ2v) is 5.27. The lowest BCUT2D eigenvalue weighted by Gasteiger charge is -2.23. The molecule has 2 aromatic heterocycles. The van der Waals surface area contributed by atoms with Crippen LogP contribution in [-0.2, 0) is 7.05 Å². The van der Waals surface area contributed by atoms with Gasteiger partial charge in [0.25, 0.3) is 0 Å². The third kappa shape index (κ3) is 2.27. The Morgan fingerprint density at radius 2 is 2.30 bits per heavy atom. The van der Waals surface area contributed by atoms with Crippen molar-refractivity contribution >= 4 is 5.95 Å². The molecule has 0 saturated carbocycles. The smallest absolute Gasteiger partial charge is 0.226 e. The molecule has 1 unspecified atom stereocenters. The van der Waals surface area contributed by atoms with Crippen molar-refractivity contribution in [1.82, 2.24) is 19.7 Å². The lowest BCUT2D eigenvalue weighted by Crippen LogP contribution is -2.36. The van der Waals surface area contributed by atoms with E-state index in [0.29, 0.717) is 12.6 Å². The van der Waals surface area contributed by atoms with Gasteiger partial charge < -0.3 is 10.6 Å². The Balaban J connectivity index is 1.95. The normalized spacial score (nSPS) is 18.8. The summed E-state index contributed by atoms with van der Waals surface area (Å²) in [5, 5.41) is 4.37. The maximum absolute atomic E-state index is 5.83. The van der Waals surface area contributed by atoms with Gasteiger partial charge in [0.05, 0.1) is 11.4 Å². The molecule has 6 nitrogen and oxygen atoms in total. The summed E-state index contributed by atoms with van der Waals surface area (Å²) in [4.78, 5) is 11.3. The van der Waals surface area contributed by atoms with Crippen molar-refractivity contribution in [1.29, 1.82) is 0 Å². The highest BCUT2D eigenvalue weighted by Crippen LogP contribution is 2.25. The number of nitrogens with zero attached hydrogens (tertiary/aromatic N) is 5. The Bertz CT molecular complexity index is 605. The summed E-state index contributed by atoms with van der Waals surface area (Å²) < 4.78 is 1.81. The van der Waals surface area contributed by atoms with Gasteiger partial charge in [0.1, 0.15) is 0 Å². The summed E-state index contributed by atoms with van der Waals surface area (Å²) in [6.07, 6.45) is 6.08. The fourth-order valence-electron chi connectivity index (χ4n) is 2.83. The molecular weight excluding hydrogens is 252 g/mol. The largest absolute Gasteiger partial charge is 0.337 e. The highest BCUT2D eigenvalue weighted by molar-refractivity contribution is 5.62. The molecule has 2 N–H and O–H groups in total. The van der Waals surface area contributed by atoms with E-state index in [0.717, 1.165) is 42.3 Å². The molecule has 0 amide bonds. The van der Waals surface area contributed by atoms with E-state index in [1.54, 1.807) is 0 Å². The van der Waals surface area contributed by atoms with Crippen molar-refractivity contribution in [2.75, 3.05) is 18.0 Å². The predicted octanol–water partition coefficient (Wildman–Crippen LogP) is 1.11. The van der Waals surface area contributed by atoms with Crippen LogP contribution in [0.1, 0.15) is 18.5 Å². The summed E-state index contributed by atoms with van der Waals surface area (Å²) in [5.41, 5.74) is 8.78. The molecule has 1 aliphatic rings. The minimum absolute atomic E-state index is 0.361. The van der Waals surface area contributed by atoms with Crippen molar-refractivity contribution in [3.63, 3.8) is 0 Å². The van der Waals surface area contributed by atoms with Gasteiger partial charge in [0.15, 0.2) is 0 Å². The van der Waals surface area contributed by atoms with Gasteiger partial charge in [-0.1, -0.05) is 0 Å². The van der Waals surface area contributed by atoms with E-state index >= 15 is 0 Å². The minimum Gasteiger partial charge on any atom is -0.337 e. The molecule has 1 atom stereocenters. The quantitative estimate of drug-likeness (QED) is 0.906. The Morgan fingerprint density at radius 3 is 3.00 bits per heavy atom. The van der Waals surface area contributed by atoms with Crippen LogP contribution in [0.15, 0.2) is 18.5 Å². The molecule has 20 heavy (non-hydrogen) atoms. The summed E-state index contributed by atoms with van der Waals surface area (Å²) >= 11 is 0. The summed E-state index contributed by atoms with van der Waals surface area (Å²) in [6, 6.07) is 2.29. The summed E-state index contributed by atoms with van der Waals surface area (Å²) in [5.74, 6) is 0.777. The van der Waals surface area contributed by atoms with Gasteiger partial charge in [-0.3, -0.25) is 4.68 Å². The maximum Gasteiger partial charge on any atom is 0.226 e. The Labute approximate surface area is 118 Å². The van der Waals surface area contributed by atoms with Crippen LogP contribution in [0.2, 0.25) is 0 Å². The number of nitrogens with two attached hydrogens (primary N) is 1. The van der Waals surface area contributed by atoms with Crippen LogP contribution in [0.3, 0.4) is 0 Å². The number of rotatable bonds is 3. The van der Waals surface area contributed by atoms with E-state index in [1.165, 1.54) is 0 Å². The molecule has 1 fully saturated rings. The third-order valence-corrected chi connectivity index (χ3v) is 3.84. The number of hydrogen-bond donors (Lipinski definition) is 1. The van der Waals surface area contributed by atoms with Crippen LogP contribution in [0, 0.1) is 6.92 Å². The zero-order valence-corrected chi connectivity index (χ0v) is 12.0. The maximum atomic E-state index is 5.83. The topological polar surface area (TPSA) is 72.9 Å². The van der Waals surface area contributed by atoms with Gasteiger partial charge in [-0.15, -0.1) is 0 Å². The van der Waals surface area contributed by atoms with Gasteiger partial charge in [0.2, 0.25) is 5.95 Å². The van der Waals surface area contributed by atoms with Crippen LogP contribution in [0.25, 0.3) is 11.3 Å². The summed E-state index contributed by atoms with van der Waals surface area (Å²) in [6.45, 7) is 3.63. The molecule has 0 aliphatic carbocycles. The van der Waals surface area contributed by atoms with Gasteiger partial charge in [-0.2, -0.15) is 5.10 Å². The van der Waals surface area contributed by atoms with E-state index < -0.39 is 0 Å². The molecule has 0 aromatic carbocycles. The highest BCUT2D eigenvalue weighted by atomic mass is 15.3. The number of anilines is 1. The molecule has 106 valence electrons. The highest BCUT2D eigenvalue weighted by Gasteiger charge is 2.25. The van der Waals surface area contributed by atoms with E-state index in [-0.39, 0.29) is 0 Å². The number of aromatic nitrogens is 4. The fourth-order valence-corrected chi connectivity index (χ4v) is 2.83. The van der Waals surface area contributed by atoms with E-state index in [1.807, 2.05) is 37.1 Å². The van der Waals surface area contributed by atoms with Crippen LogP contribution in [0.5, 0.6) is 0 Å². The Morgan fingerprint density at radius 1 is 1.45 bits per heavy atom. The first kappa shape index (κ1) is 13.1. The van der Waals surface area contributed by atoms with Crippen molar-refractivity contribution < 1.29 is 0 Å². The zero-order chi connectivity index (χ0) is 14.1. The first-order chi connectivity index (χ1) is 9.69. The molecule has 3 rings (SSSR count).